The minimum Gasteiger partial charge on any atom is -0.335 e. The van der Waals surface area contributed by atoms with E-state index in [4.69, 9.17) is 0 Å². The maximum atomic E-state index is 11.9. The van der Waals surface area contributed by atoms with E-state index in [0.29, 0.717) is 11.7 Å². The fourth-order valence-corrected chi connectivity index (χ4v) is 2.44. The third-order valence-electron chi connectivity index (χ3n) is 3.82. The molecular weight excluding hydrogens is 264 g/mol. The lowest BCUT2D eigenvalue weighted by atomic mass is 10.2. The lowest BCUT2D eigenvalue weighted by Crippen LogP contribution is -2.37. The molecule has 3 rings (SSSR count). The molecule has 1 aromatic carbocycles. The number of carbonyl (C=O) groups excluding carboxylic acids is 1. The van der Waals surface area contributed by atoms with E-state index in [-0.39, 0.29) is 12.1 Å². The molecule has 2 aromatic rings. The van der Waals surface area contributed by atoms with E-state index >= 15 is 0 Å². The van der Waals surface area contributed by atoms with Gasteiger partial charge in [0.15, 0.2) is 5.82 Å². The first-order valence-corrected chi connectivity index (χ1v) is 7.33. The lowest BCUT2D eigenvalue weighted by Gasteiger charge is -2.12. The van der Waals surface area contributed by atoms with E-state index in [9.17, 15) is 4.79 Å². The van der Waals surface area contributed by atoms with Gasteiger partial charge < -0.3 is 5.32 Å². The van der Waals surface area contributed by atoms with Crippen LogP contribution in [0.3, 0.4) is 0 Å². The summed E-state index contributed by atoms with van der Waals surface area (Å²) in [6, 6.07) is 11.8. The van der Waals surface area contributed by atoms with Crippen molar-refractivity contribution in [3.8, 4) is 5.69 Å². The van der Waals surface area contributed by atoms with Crippen LogP contribution in [0.5, 0.6) is 0 Å². The van der Waals surface area contributed by atoms with Crippen molar-refractivity contribution in [1.82, 2.24) is 15.1 Å². The number of hydrogen-bond acceptors (Lipinski definition) is 2. The van der Waals surface area contributed by atoms with Crippen molar-refractivity contribution in [1.29, 1.82) is 0 Å². The number of nitrogens with one attached hydrogen (secondary N) is 2. The Labute approximate surface area is 124 Å². The largest absolute Gasteiger partial charge is 0.335 e. The highest BCUT2D eigenvalue weighted by atomic mass is 16.2. The summed E-state index contributed by atoms with van der Waals surface area (Å²) < 4.78 is 1.82. The average Bonchev–Trinajstić information content (AvgIpc) is 3.24. The molecule has 1 heterocycles. The van der Waals surface area contributed by atoms with Crippen molar-refractivity contribution in [2.75, 3.05) is 5.32 Å². The van der Waals surface area contributed by atoms with Crippen molar-refractivity contribution >= 4 is 11.8 Å². The Morgan fingerprint density at radius 2 is 2.05 bits per heavy atom. The van der Waals surface area contributed by atoms with Gasteiger partial charge in [-0.25, -0.2) is 9.48 Å². The molecule has 0 spiro atoms. The molecule has 0 radical (unpaired) electrons. The van der Waals surface area contributed by atoms with Crippen LogP contribution in [0.1, 0.15) is 25.5 Å². The minimum atomic E-state index is -0.188. The van der Waals surface area contributed by atoms with Gasteiger partial charge in [-0.2, -0.15) is 0 Å². The first-order valence-electron chi connectivity index (χ1n) is 7.33. The molecule has 5 nitrogen and oxygen atoms in total. The molecule has 1 aromatic heterocycles. The predicted octanol–water partition coefficient (Wildman–Crippen LogP) is 3.10. The van der Waals surface area contributed by atoms with Gasteiger partial charge in [-0.05, 0) is 44.7 Å². The van der Waals surface area contributed by atoms with Crippen LogP contribution in [0.4, 0.5) is 10.6 Å². The number of amides is 2. The number of urea groups is 1. The van der Waals surface area contributed by atoms with Crippen LogP contribution < -0.4 is 10.6 Å². The summed E-state index contributed by atoms with van der Waals surface area (Å²) in [6.07, 6.45) is 2.42. The summed E-state index contributed by atoms with van der Waals surface area (Å²) in [4.78, 5) is 11.9. The fourth-order valence-electron chi connectivity index (χ4n) is 2.44. The summed E-state index contributed by atoms with van der Waals surface area (Å²) >= 11 is 0. The Hall–Kier alpha value is -2.30. The number of rotatable bonds is 4. The summed E-state index contributed by atoms with van der Waals surface area (Å²) in [7, 11) is 0. The van der Waals surface area contributed by atoms with E-state index in [0.717, 1.165) is 11.4 Å². The van der Waals surface area contributed by atoms with Crippen LogP contribution in [0.25, 0.3) is 5.69 Å². The topological polar surface area (TPSA) is 59.0 Å². The quantitative estimate of drug-likeness (QED) is 0.906. The first kappa shape index (κ1) is 13.7. The van der Waals surface area contributed by atoms with Crippen LogP contribution >= 0.6 is 0 Å². The molecule has 0 saturated heterocycles. The zero-order chi connectivity index (χ0) is 14.8. The highest BCUT2D eigenvalue weighted by molar-refractivity contribution is 5.88. The normalized spacial score (nSPS) is 15.5. The Kier molecular flexibility index (Phi) is 3.64. The van der Waals surface area contributed by atoms with Crippen LogP contribution in [0.2, 0.25) is 0 Å². The molecular formula is C16H20N4O. The Balaban J connectivity index is 1.68. The second-order valence-electron chi connectivity index (χ2n) is 5.64. The van der Waals surface area contributed by atoms with E-state index < -0.39 is 0 Å². The van der Waals surface area contributed by atoms with Crippen LogP contribution in [-0.2, 0) is 0 Å². The second-order valence-corrected chi connectivity index (χ2v) is 5.64. The molecule has 1 aliphatic rings. The number of para-hydroxylation sites is 1. The van der Waals surface area contributed by atoms with E-state index in [1.54, 1.807) is 0 Å². The Morgan fingerprint density at radius 3 is 2.71 bits per heavy atom. The van der Waals surface area contributed by atoms with E-state index in [1.807, 2.05) is 54.9 Å². The molecule has 2 amide bonds. The van der Waals surface area contributed by atoms with Gasteiger partial charge in [-0.15, -0.1) is 5.10 Å². The van der Waals surface area contributed by atoms with Crippen LogP contribution in [-0.4, -0.2) is 21.9 Å². The fraction of sp³-hybridized carbons (Fsp3) is 0.375. The minimum absolute atomic E-state index is 0.188. The Bertz CT molecular complexity index is 631. The summed E-state index contributed by atoms with van der Waals surface area (Å²) in [5.74, 6) is 1.20. The summed E-state index contributed by atoms with van der Waals surface area (Å²) in [5, 5.41) is 10.2. The van der Waals surface area contributed by atoms with Gasteiger partial charge in [0.05, 0.1) is 5.69 Å². The van der Waals surface area contributed by atoms with Crippen molar-refractivity contribution in [2.45, 2.75) is 32.7 Å². The average molecular weight is 284 g/mol. The molecule has 5 heteroatoms. The van der Waals surface area contributed by atoms with Crippen molar-refractivity contribution in [3.05, 3.63) is 42.1 Å². The molecule has 1 aliphatic carbocycles. The van der Waals surface area contributed by atoms with Gasteiger partial charge in [0.1, 0.15) is 0 Å². The summed E-state index contributed by atoms with van der Waals surface area (Å²) in [5.41, 5.74) is 1.96. The molecule has 0 bridgehead atoms. The number of anilines is 1. The Morgan fingerprint density at radius 1 is 1.33 bits per heavy atom. The van der Waals surface area contributed by atoms with Gasteiger partial charge in [0, 0.05) is 17.8 Å². The van der Waals surface area contributed by atoms with Crippen LogP contribution in [0, 0.1) is 12.8 Å². The van der Waals surface area contributed by atoms with Gasteiger partial charge in [-0.3, -0.25) is 5.32 Å². The van der Waals surface area contributed by atoms with Crippen molar-refractivity contribution < 1.29 is 4.79 Å². The van der Waals surface area contributed by atoms with Crippen LogP contribution in [0.15, 0.2) is 36.4 Å². The maximum absolute atomic E-state index is 11.9. The maximum Gasteiger partial charge on any atom is 0.320 e. The first-order chi connectivity index (χ1) is 10.1. The third-order valence-corrected chi connectivity index (χ3v) is 3.82. The molecule has 1 atom stereocenters. The highest BCUT2D eigenvalue weighted by Gasteiger charge is 2.28. The predicted molar refractivity (Wildman–Crippen MR) is 82.6 cm³/mol. The smallest absolute Gasteiger partial charge is 0.320 e. The van der Waals surface area contributed by atoms with Gasteiger partial charge >= 0.3 is 6.03 Å². The van der Waals surface area contributed by atoms with E-state index in [1.165, 1.54) is 12.8 Å². The molecule has 1 saturated carbocycles. The van der Waals surface area contributed by atoms with E-state index in [2.05, 4.69) is 15.7 Å². The zero-order valence-electron chi connectivity index (χ0n) is 12.3. The molecule has 0 unspecified atom stereocenters. The third kappa shape index (κ3) is 3.24. The number of nitrogens with zero attached hydrogens (tertiary/aromatic N) is 2. The molecule has 110 valence electrons. The van der Waals surface area contributed by atoms with Gasteiger partial charge in [-0.1, -0.05) is 18.2 Å². The number of aromatic nitrogens is 2. The number of hydrogen-bond donors (Lipinski definition) is 2. The van der Waals surface area contributed by atoms with Gasteiger partial charge in [0.25, 0.3) is 0 Å². The second kappa shape index (κ2) is 5.60. The van der Waals surface area contributed by atoms with Gasteiger partial charge in [0.2, 0.25) is 0 Å². The zero-order valence-corrected chi connectivity index (χ0v) is 12.3. The van der Waals surface area contributed by atoms with Crippen molar-refractivity contribution in [3.63, 3.8) is 0 Å². The number of aryl methyl sites for hydroxylation is 1. The number of benzene rings is 1. The number of carbonyl (C=O) groups is 1. The summed E-state index contributed by atoms with van der Waals surface area (Å²) in [6.45, 7) is 4.01. The van der Waals surface area contributed by atoms with Crippen molar-refractivity contribution in [2.24, 2.45) is 5.92 Å². The SMILES string of the molecule is Cc1cc(NC(=O)N[C@@H](C)C2CC2)nn1-c1ccccc1. The molecule has 21 heavy (non-hydrogen) atoms. The standard InChI is InChI=1S/C16H20N4O/c1-11-10-15(18-16(21)17-12(2)13-8-9-13)19-20(11)14-6-4-3-5-7-14/h3-7,10,12-13H,8-9H2,1-2H3,(H2,17,18,19,21)/t12-/m0/s1. The highest BCUT2D eigenvalue weighted by Crippen LogP contribution is 2.32. The molecule has 2 N–H and O–H groups in total. The molecule has 0 aliphatic heterocycles. The molecule has 1 fully saturated rings. The lowest BCUT2D eigenvalue weighted by molar-refractivity contribution is 0.248. The monoisotopic (exact) mass is 284 g/mol.